The third-order valence-corrected chi connectivity index (χ3v) is 7.10. The Morgan fingerprint density at radius 1 is 1.10 bits per heavy atom. The summed E-state index contributed by atoms with van der Waals surface area (Å²) in [5.74, 6) is 0.581. The summed E-state index contributed by atoms with van der Waals surface area (Å²) < 4.78 is 0. The smallest absolute Gasteiger partial charge is 0.159 e. The Labute approximate surface area is 183 Å². The van der Waals surface area contributed by atoms with Gasteiger partial charge in [0.05, 0.1) is 0 Å². The first-order chi connectivity index (χ1) is 15.1. The number of anilines is 1. The number of ketones is 1. The molecule has 0 bridgehead atoms. The zero-order chi connectivity index (χ0) is 21.4. The van der Waals surface area contributed by atoms with Gasteiger partial charge in [-0.3, -0.25) is 14.8 Å². The lowest BCUT2D eigenvalue weighted by Gasteiger charge is -2.34. The highest BCUT2D eigenvalue weighted by Gasteiger charge is 2.37. The minimum atomic E-state index is 0.0699. The fraction of sp³-hybridized carbons (Fsp3) is 0.370. The van der Waals surface area contributed by atoms with Crippen molar-refractivity contribution in [3.8, 4) is 11.1 Å². The molecule has 2 unspecified atom stereocenters. The highest BCUT2D eigenvalue weighted by molar-refractivity contribution is 5.97. The van der Waals surface area contributed by atoms with Crippen molar-refractivity contribution in [2.75, 3.05) is 5.73 Å². The number of aryl methyl sites for hydroxylation is 1. The Morgan fingerprint density at radius 2 is 1.94 bits per heavy atom. The molecule has 2 N–H and O–H groups in total. The number of nitrogens with zero attached hydrogens (tertiary/aromatic N) is 2. The lowest BCUT2D eigenvalue weighted by atomic mass is 9.69. The molecule has 2 aliphatic carbocycles. The van der Waals surface area contributed by atoms with Gasteiger partial charge in [0.15, 0.2) is 5.78 Å². The third kappa shape index (κ3) is 3.87. The maximum Gasteiger partial charge on any atom is 0.159 e. The van der Waals surface area contributed by atoms with E-state index in [4.69, 9.17) is 10.7 Å². The number of benzene rings is 1. The summed E-state index contributed by atoms with van der Waals surface area (Å²) >= 11 is 0. The molecule has 31 heavy (non-hydrogen) atoms. The van der Waals surface area contributed by atoms with E-state index in [1.807, 2.05) is 36.8 Å². The number of allylic oxidation sites excluding steroid dienone is 2. The Morgan fingerprint density at radius 3 is 2.68 bits per heavy atom. The average Bonchev–Trinajstić information content (AvgIpc) is 2.73. The first kappa shape index (κ1) is 19.9. The van der Waals surface area contributed by atoms with Gasteiger partial charge >= 0.3 is 0 Å². The molecule has 0 amide bonds. The quantitative estimate of drug-likeness (QED) is 0.413. The average molecular weight is 412 g/mol. The fourth-order valence-electron chi connectivity index (χ4n) is 5.08. The predicted molar refractivity (Wildman–Crippen MR) is 126 cm³/mol. The number of fused-ring (bicyclic) bond motifs is 1. The minimum absolute atomic E-state index is 0.0699. The minimum Gasteiger partial charge on any atom is -0.398 e. The van der Waals surface area contributed by atoms with Crippen molar-refractivity contribution >= 4 is 22.2 Å². The summed E-state index contributed by atoms with van der Waals surface area (Å²) in [4.78, 5) is 21.9. The number of carbonyl (C=O) groups is 1. The molecule has 158 valence electrons. The Hall–Kier alpha value is -3.01. The molecule has 4 heteroatoms. The van der Waals surface area contributed by atoms with Crippen molar-refractivity contribution in [1.29, 1.82) is 0 Å². The van der Waals surface area contributed by atoms with E-state index in [0.717, 1.165) is 59.0 Å². The van der Waals surface area contributed by atoms with Crippen LogP contribution >= 0.6 is 0 Å². The zero-order valence-electron chi connectivity index (χ0n) is 18.1. The molecular weight excluding hydrogens is 382 g/mol. The molecule has 2 aromatic heterocycles. The maximum absolute atomic E-state index is 12.9. The molecule has 0 radical (unpaired) electrons. The number of aromatic nitrogens is 2. The van der Waals surface area contributed by atoms with E-state index in [2.05, 4.69) is 24.0 Å². The number of nitrogens with two attached hydrogens (primary N) is 1. The molecule has 4 nitrogen and oxygen atoms in total. The number of hydrogen-bond donors (Lipinski definition) is 1. The van der Waals surface area contributed by atoms with Crippen LogP contribution in [0.1, 0.15) is 62.1 Å². The van der Waals surface area contributed by atoms with Crippen LogP contribution in [0.15, 0.2) is 54.5 Å². The van der Waals surface area contributed by atoms with Gasteiger partial charge < -0.3 is 5.73 Å². The predicted octanol–water partition coefficient (Wildman–Crippen LogP) is 6.14. The summed E-state index contributed by atoms with van der Waals surface area (Å²) in [7, 11) is 0. The van der Waals surface area contributed by atoms with Gasteiger partial charge in [0, 0.05) is 52.8 Å². The number of hydrogen-bond acceptors (Lipinski definition) is 4. The topological polar surface area (TPSA) is 68.9 Å². The lowest BCUT2D eigenvalue weighted by Crippen LogP contribution is -2.31. The highest BCUT2D eigenvalue weighted by atomic mass is 16.1. The molecule has 2 saturated carbocycles. The molecule has 0 saturated heterocycles. The Balaban J connectivity index is 1.45. The van der Waals surface area contributed by atoms with Crippen molar-refractivity contribution in [3.63, 3.8) is 0 Å². The van der Waals surface area contributed by atoms with Crippen molar-refractivity contribution in [1.82, 2.24) is 9.97 Å². The molecule has 0 spiro atoms. The van der Waals surface area contributed by atoms with Gasteiger partial charge in [0.1, 0.15) is 0 Å². The lowest BCUT2D eigenvalue weighted by molar-refractivity contribution is -0.121. The second-order valence-electron chi connectivity index (χ2n) is 9.14. The first-order valence-electron chi connectivity index (χ1n) is 11.4. The van der Waals surface area contributed by atoms with Crippen LogP contribution in [0.2, 0.25) is 0 Å². The van der Waals surface area contributed by atoms with E-state index < -0.39 is 0 Å². The summed E-state index contributed by atoms with van der Waals surface area (Å²) in [5.41, 5.74) is 12.8. The third-order valence-electron chi connectivity index (χ3n) is 7.10. The van der Waals surface area contributed by atoms with Gasteiger partial charge in [0.2, 0.25) is 0 Å². The molecule has 3 aromatic rings. The van der Waals surface area contributed by atoms with E-state index in [1.165, 1.54) is 30.4 Å². The van der Waals surface area contributed by atoms with Crippen molar-refractivity contribution in [3.05, 3.63) is 65.8 Å². The molecule has 2 heterocycles. The first-order valence-corrected chi connectivity index (χ1v) is 11.4. The second kappa shape index (κ2) is 8.26. The number of nitrogen functional groups attached to an aromatic ring is 1. The van der Waals surface area contributed by atoms with Gasteiger partial charge in [-0.15, -0.1) is 0 Å². The van der Waals surface area contributed by atoms with Crippen molar-refractivity contribution < 1.29 is 4.79 Å². The number of rotatable bonds is 4. The molecule has 2 aliphatic rings. The van der Waals surface area contributed by atoms with E-state index in [-0.39, 0.29) is 11.8 Å². The summed E-state index contributed by atoms with van der Waals surface area (Å²) in [6, 6.07) is 8.32. The zero-order valence-corrected chi connectivity index (χ0v) is 18.1. The fourth-order valence-corrected chi connectivity index (χ4v) is 5.08. The molecular formula is C27H29N3O. The molecule has 0 aliphatic heterocycles. The summed E-state index contributed by atoms with van der Waals surface area (Å²) in [6.07, 6.45) is 15.4. The van der Waals surface area contributed by atoms with E-state index in [1.54, 1.807) is 0 Å². The Bertz CT molecular complexity index is 1170. The number of pyridine rings is 2. The van der Waals surface area contributed by atoms with Crippen molar-refractivity contribution in [2.45, 2.75) is 57.8 Å². The molecule has 2 fully saturated rings. The van der Waals surface area contributed by atoms with Gasteiger partial charge in [-0.2, -0.15) is 0 Å². The largest absolute Gasteiger partial charge is 0.398 e. The van der Waals surface area contributed by atoms with Crippen LogP contribution in [0.25, 0.3) is 21.9 Å². The summed E-state index contributed by atoms with van der Waals surface area (Å²) in [5, 5.41) is 2.03. The normalized spacial score (nSPS) is 21.0. The van der Waals surface area contributed by atoms with Gasteiger partial charge in [-0.1, -0.05) is 12.0 Å². The number of carbonyl (C=O) groups excluding carboxylic acids is 1. The van der Waals surface area contributed by atoms with Crippen LogP contribution in [-0.2, 0) is 4.79 Å². The second-order valence-corrected chi connectivity index (χ2v) is 9.14. The molecule has 2 atom stereocenters. The van der Waals surface area contributed by atoms with Crippen LogP contribution in [0.3, 0.4) is 0 Å². The summed E-state index contributed by atoms with van der Waals surface area (Å²) in [6.45, 7) is 2.08. The van der Waals surface area contributed by atoms with Crippen LogP contribution in [0.4, 0.5) is 5.69 Å². The van der Waals surface area contributed by atoms with E-state index >= 15 is 0 Å². The van der Waals surface area contributed by atoms with E-state index in [0.29, 0.717) is 5.78 Å². The van der Waals surface area contributed by atoms with Gasteiger partial charge in [-0.25, -0.2) is 0 Å². The highest BCUT2D eigenvalue weighted by Crippen LogP contribution is 2.44. The van der Waals surface area contributed by atoms with Crippen LogP contribution in [0, 0.1) is 12.8 Å². The van der Waals surface area contributed by atoms with Gasteiger partial charge in [0.25, 0.3) is 0 Å². The van der Waals surface area contributed by atoms with Crippen LogP contribution in [0.5, 0.6) is 0 Å². The Kier molecular flexibility index (Phi) is 5.31. The van der Waals surface area contributed by atoms with Crippen LogP contribution in [-0.4, -0.2) is 15.8 Å². The molecule has 1 aromatic carbocycles. The standard InChI is InChI=1S/C27H29N3O/c1-17-9-10-29-15-23(17)19-12-20-14-26(30-16-24(20)25(28)13-19)21-7-8-22(21)27(31)11-18-5-3-2-4-6-18/h9-16,21-22H,2-8,28H2,1H3. The van der Waals surface area contributed by atoms with E-state index in [9.17, 15) is 4.79 Å². The monoisotopic (exact) mass is 411 g/mol. The van der Waals surface area contributed by atoms with Crippen molar-refractivity contribution in [2.24, 2.45) is 5.92 Å². The van der Waals surface area contributed by atoms with Crippen LogP contribution < -0.4 is 5.73 Å². The molecule has 5 rings (SSSR count). The maximum atomic E-state index is 12.9. The SMILES string of the molecule is Cc1ccncc1-c1cc(N)c2cnc(C3CCC3C(=O)C=C3CCCCC3)cc2c1. The van der Waals surface area contributed by atoms with Gasteiger partial charge in [-0.05, 0) is 92.3 Å².